The molecular weight excluding hydrogens is 285 g/mol. The number of carbonyl (C=O) groups excluding carboxylic acids is 1. The maximum Gasteiger partial charge on any atom is 0.573 e. The number of hydrogen-bond donors (Lipinski definition) is 1. The normalized spacial score (nSPS) is 19.4. The molecule has 1 heterocycles. The maximum absolute atomic E-state index is 12.2. The van der Waals surface area contributed by atoms with Gasteiger partial charge in [0, 0.05) is 25.7 Å². The van der Waals surface area contributed by atoms with Crippen LogP contribution in [0, 0.1) is 6.42 Å². The second-order valence-electron chi connectivity index (χ2n) is 4.90. The zero-order valence-electron chi connectivity index (χ0n) is 11.5. The lowest BCUT2D eigenvalue weighted by molar-refractivity contribution is -0.274. The first-order valence-corrected chi connectivity index (χ1v) is 6.56. The van der Waals surface area contributed by atoms with Gasteiger partial charge in [0.05, 0.1) is 6.42 Å². The zero-order chi connectivity index (χ0) is 15.5. The highest BCUT2D eigenvalue weighted by Crippen LogP contribution is 2.24. The first kappa shape index (κ1) is 15.6. The number of nitrogens with one attached hydrogen (secondary N) is 1. The molecule has 1 atom stereocenters. The van der Waals surface area contributed by atoms with E-state index in [9.17, 15) is 18.0 Å². The minimum absolute atomic E-state index is 0.205. The summed E-state index contributed by atoms with van der Waals surface area (Å²) in [7, 11) is 0. The Balaban J connectivity index is 1.99. The molecule has 1 aliphatic heterocycles. The van der Waals surface area contributed by atoms with Gasteiger partial charge in [-0.1, -0.05) is 12.1 Å². The average Bonchev–Trinajstić information content (AvgIpc) is 2.37. The number of alkyl halides is 3. The molecule has 0 aromatic heterocycles. The molecule has 0 aliphatic carbocycles. The summed E-state index contributed by atoms with van der Waals surface area (Å²) in [6, 6.07) is 5.57. The second-order valence-corrected chi connectivity index (χ2v) is 4.90. The Hall–Kier alpha value is -1.76. The average molecular weight is 301 g/mol. The molecule has 1 N–H and O–H groups in total. The van der Waals surface area contributed by atoms with E-state index in [1.165, 1.54) is 24.6 Å². The first-order valence-electron chi connectivity index (χ1n) is 6.56. The van der Waals surface area contributed by atoms with Crippen LogP contribution in [0.1, 0.15) is 12.5 Å². The van der Waals surface area contributed by atoms with Crippen LogP contribution >= 0.6 is 0 Å². The molecule has 1 aromatic rings. The number of nitrogens with zero attached hydrogens (tertiary/aromatic N) is 1. The van der Waals surface area contributed by atoms with Crippen molar-refractivity contribution in [3.63, 3.8) is 0 Å². The highest BCUT2D eigenvalue weighted by atomic mass is 19.4. The van der Waals surface area contributed by atoms with Crippen molar-refractivity contribution in [1.29, 1.82) is 0 Å². The van der Waals surface area contributed by atoms with Gasteiger partial charge in [0.25, 0.3) is 0 Å². The Morgan fingerprint density at radius 3 is 2.90 bits per heavy atom. The van der Waals surface area contributed by atoms with Crippen LogP contribution in [0.15, 0.2) is 24.3 Å². The summed E-state index contributed by atoms with van der Waals surface area (Å²) in [5, 5.41) is 3.21. The van der Waals surface area contributed by atoms with Crippen molar-refractivity contribution in [3.8, 4) is 5.75 Å². The van der Waals surface area contributed by atoms with Crippen LogP contribution in [-0.4, -0.2) is 42.8 Å². The van der Waals surface area contributed by atoms with Gasteiger partial charge in [-0.05, 0) is 24.6 Å². The van der Waals surface area contributed by atoms with Crippen molar-refractivity contribution < 1.29 is 22.7 Å². The third-order valence-corrected chi connectivity index (χ3v) is 3.06. The fourth-order valence-corrected chi connectivity index (χ4v) is 2.17. The Labute approximate surface area is 120 Å². The number of rotatable bonds is 3. The van der Waals surface area contributed by atoms with Crippen molar-refractivity contribution in [1.82, 2.24) is 10.2 Å². The number of benzene rings is 1. The van der Waals surface area contributed by atoms with E-state index >= 15 is 0 Å². The molecule has 0 unspecified atom stereocenters. The summed E-state index contributed by atoms with van der Waals surface area (Å²) in [6.07, 6.45) is -3.42. The monoisotopic (exact) mass is 301 g/mol. The molecule has 7 heteroatoms. The van der Waals surface area contributed by atoms with Crippen LogP contribution in [-0.2, 0) is 4.79 Å². The Morgan fingerprint density at radius 1 is 1.48 bits per heavy atom. The molecule has 1 fully saturated rings. The molecule has 1 aromatic carbocycles. The van der Waals surface area contributed by atoms with E-state index in [0.29, 0.717) is 25.2 Å². The molecule has 1 aliphatic rings. The van der Waals surface area contributed by atoms with Gasteiger partial charge in [-0.15, -0.1) is 13.2 Å². The van der Waals surface area contributed by atoms with Crippen LogP contribution in [0.5, 0.6) is 5.75 Å². The van der Waals surface area contributed by atoms with Crippen LogP contribution in [0.4, 0.5) is 13.2 Å². The predicted octanol–water partition coefficient (Wildman–Crippen LogP) is 1.96. The lowest BCUT2D eigenvalue weighted by atomic mass is 10.1. The summed E-state index contributed by atoms with van der Waals surface area (Å²) in [5.74, 6) is -0.551. The zero-order valence-corrected chi connectivity index (χ0v) is 11.5. The van der Waals surface area contributed by atoms with Gasteiger partial charge < -0.3 is 15.0 Å². The van der Waals surface area contributed by atoms with Crippen LogP contribution in [0.3, 0.4) is 0 Å². The fourth-order valence-electron chi connectivity index (χ4n) is 2.17. The van der Waals surface area contributed by atoms with Crippen LogP contribution in [0.25, 0.3) is 0 Å². The number of ether oxygens (including phenoxy) is 1. The number of hydrogen-bond acceptors (Lipinski definition) is 3. The molecule has 0 saturated carbocycles. The van der Waals surface area contributed by atoms with E-state index < -0.39 is 6.36 Å². The molecule has 0 bridgehead atoms. The van der Waals surface area contributed by atoms with Gasteiger partial charge in [0.1, 0.15) is 5.75 Å². The summed E-state index contributed by atoms with van der Waals surface area (Å²) >= 11 is 0. The molecule has 0 spiro atoms. The summed E-state index contributed by atoms with van der Waals surface area (Å²) < 4.78 is 40.3. The lowest BCUT2D eigenvalue weighted by Gasteiger charge is -2.31. The van der Waals surface area contributed by atoms with E-state index in [1.807, 2.05) is 6.92 Å². The van der Waals surface area contributed by atoms with Gasteiger partial charge in [-0.2, -0.15) is 0 Å². The lowest BCUT2D eigenvalue weighted by Crippen LogP contribution is -2.51. The van der Waals surface area contributed by atoms with Gasteiger partial charge in [-0.25, -0.2) is 0 Å². The van der Waals surface area contributed by atoms with Crippen molar-refractivity contribution in [3.05, 3.63) is 36.2 Å². The molecule has 21 heavy (non-hydrogen) atoms. The summed E-state index contributed by atoms with van der Waals surface area (Å²) in [6.45, 7) is 3.84. The van der Waals surface area contributed by atoms with E-state index in [1.54, 1.807) is 11.0 Å². The van der Waals surface area contributed by atoms with Crippen molar-refractivity contribution >= 4 is 5.91 Å². The molecule has 2 rings (SSSR count). The van der Waals surface area contributed by atoms with E-state index in [-0.39, 0.29) is 17.7 Å². The van der Waals surface area contributed by atoms with Crippen molar-refractivity contribution in [2.24, 2.45) is 0 Å². The van der Waals surface area contributed by atoms with Gasteiger partial charge in [-0.3, -0.25) is 4.79 Å². The molecule has 1 saturated heterocycles. The summed E-state index contributed by atoms with van der Waals surface area (Å²) in [4.78, 5) is 13.8. The Morgan fingerprint density at radius 2 is 2.24 bits per heavy atom. The number of amides is 1. The van der Waals surface area contributed by atoms with Crippen LogP contribution in [0.2, 0.25) is 0 Å². The van der Waals surface area contributed by atoms with Crippen molar-refractivity contribution in [2.45, 2.75) is 19.3 Å². The van der Waals surface area contributed by atoms with Crippen LogP contribution < -0.4 is 10.1 Å². The van der Waals surface area contributed by atoms with Gasteiger partial charge in [0.15, 0.2) is 0 Å². The first-order chi connectivity index (χ1) is 9.83. The standard InChI is InChI=1S/C14H16F3N2O2/c1-10-9-19(6-5-18-10)13(20)8-11-3-2-4-12(7-11)21-14(15,16)17/h2-4,7-8,10,18H,5-6,9H2,1H3/t10-/m0/s1. The predicted molar refractivity (Wildman–Crippen MR) is 70.6 cm³/mol. The number of piperazine rings is 1. The Kier molecular flexibility index (Phi) is 4.72. The third kappa shape index (κ3) is 4.93. The van der Waals surface area contributed by atoms with E-state index in [0.717, 1.165) is 0 Å². The van der Waals surface area contributed by atoms with Gasteiger partial charge in [0.2, 0.25) is 5.91 Å². The van der Waals surface area contributed by atoms with Gasteiger partial charge >= 0.3 is 6.36 Å². The molecule has 1 radical (unpaired) electrons. The minimum atomic E-state index is -4.74. The highest BCUT2D eigenvalue weighted by Gasteiger charge is 2.31. The topological polar surface area (TPSA) is 41.6 Å². The van der Waals surface area contributed by atoms with Crippen molar-refractivity contribution in [2.75, 3.05) is 19.6 Å². The third-order valence-electron chi connectivity index (χ3n) is 3.06. The minimum Gasteiger partial charge on any atom is -0.406 e. The molecular formula is C14H16F3N2O2. The SMILES string of the molecule is C[C@H]1CN(C(=O)[CH]c2cccc(OC(F)(F)F)c2)CCN1. The quantitative estimate of drug-likeness (QED) is 0.928. The molecule has 4 nitrogen and oxygen atoms in total. The Bertz CT molecular complexity index is 505. The molecule has 115 valence electrons. The maximum atomic E-state index is 12.2. The number of halogens is 3. The summed E-state index contributed by atoms with van der Waals surface area (Å²) in [5.41, 5.74) is 0.382. The largest absolute Gasteiger partial charge is 0.573 e. The highest BCUT2D eigenvalue weighted by molar-refractivity contribution is 5.88. The van der Waals surface area contributed by atoms with E-state index in [4.69, 9.17) is 0 Å². The number of carbonyl (C=O) groups is 1. The second kappa shape index (κ2) is 6.34. The van der Waals surface area contributed by atoms with E-state index in [2.05, 4.69) is 10.1 Å². The molecule has 1 amide bonds. The fraction of sp³-hybridized carbons (Fsp3) is 0.429. The smallest absolute Gasteiger partial charge is 0.406 e.